The van der Waals surface area contributed by atoms with Gasteiger partial charge in [-0.05, 0) is 20.5 Å². The van der Waals surface area contributed by atoms with Crippen LogP contribution in [0, 0.1) is 11.3 Å². The number of nitriles is 1. The van der Waals surface area contributed by atoms with Crippen molar-refractivity contribution < 1.29 is 0 Å². The lowest BCUT2D eigenvalue weighted by molar-refractivity contribution is 0.0912. The number of likely N-dealkylation sites (N-methyl/N-ethyl adjacent to an activating group) is 1. The van der Waals surface area contributed by atoms with Crippen LogP contribution in [-0.4, -0.2) is 74.1 Å². The number of hydrogen-bond acceptors (Lipinski definition) is 4. The second-order valence-corrected chi connectivity index (χ2v) is 5.11. The number of hydrogen-bond donors (Lipinski definition) is 0. The fraction of sp³-hybridized carbons (Fsp3) is 0.923. The van der Waals surface area contributed by atoms with Crippen molar-refractivity contribution in [2.75, 3.05) is 53.4 Å². The van der Waals surface area contributed by atoms with Crippen molar-refractivity contribution in [3.05, 3.63) is 0 Å². The standard InChI is InChI=1S/C13H26N4/c1-4-13(5-6-14)17-11-9-16(10-12-17)8-7-15(2)3/h13H,4-5,7-12H2,1-3H3. The molecule has 4 nitrogen and oxygen atoms in total. The third kappa shape index (κ3) is 5.03. The Bertz CT molecular complexity index is 238. The minimum Gasteiger partial charge on any atom is -0.308 e. The van der Waals surface area contributed by atoms with Crippen LogP contribution >= 0.6 is 0 Å². The molecular weight excluding hydrogens is 212 g/mol. The SMILES string of the molecule is CCC(CC#N)N1CCN(CCN(C)C)CC1. The van der Waals surface area contributed by atoms with E-state index < -0.39 is 0 Å². The quantitative estimate of drug-likeness (QED) is 0.687. The second-order valence-electron chi connectivity index (χ2n) is 5.11. The maximum absolute atomic E-state index is 8.80. The molecule has 1 heterocycles. The Morgan fingerprint density at radius 2 is 1.88 bits per heavy atom. The van der Waals surface area contributed by atoms with Gasteiger partial charge in [0.1, 0.15) is 0 Å². The van der Waals surface area contributed by atoms with Crippen molar-refractivity contribution >= 4 is 0 Å². The minimum absolute atomic E-state index is 0.469. The van der Waals surface area contributed by atoms with Crippen molar-refractivity contribution in [3.63, 3.8) is 0 Å². The lowest BCUT2D eigenvalue weighted by Crippen LogP contribution is -2.51. The van der Waals surface area contributed by atoms with E-state index >= 15 is 0 Å². The van der Waals surface area contributed by atoms with E-state index in [1.165, 1.54) is 0 Å². The normalized spacial score (nSPS) is 20.4. The first-order chi connectivity index (χ1) is 8.17. The van der Waals surface area contributed by atoms with E-state index in [0.717, 1.165) is 45.7 Å². The highest BCUT2D eigenvalue weighted by molar-refractivity contribution is 4.85. The van der Waals surface area contributed by atoms with Gasteiger partial charge in [0, 0.05) is 45.3 Å². The highest BCUT2D eigenvalue weighted by Gasteiger charge is 2.22. The van der Waals surface area contributed by atoms with Gasteiger partial charge in [-0.1, -0.05) is 6.92 Å². The van der Waals surface area contributed by atoms with E-state index in [4.69, 9.17) is 5.26 Å². The van der Waals surface area contributed by atoms with Gasteiger partial charge in [0.25, 0.3) is 0 Å². The molecule has 0 N–H and O–H groups in total. The average Bonchev–Trinajstić information content (AvgIpc) is 2.34. The Kier molecular flexibility index (Phi) is 6.49. The summed E-state index contributed by atoms with van der Waals surface area (Å²) in [5.74, 6) is 0. The Morgan fingerprint density at radius 1 is 1.24 bits per heavy atom. The summed E-state index contributed by atoms with van der Waals surface area (Å²) in [5, 5.41) is 8.80. The maximum Gasteiger partial charge on any atom is 0.0638 e. The second kappa shape index (κ2) is 7.65. The molecule has 0 aromatic carbocycles. The van der Waals surface area contributed by atoms with Crippen molar-refractivity contribution in [3.8, 4) is 6.07 Å². The van der Waals surface area contributed by atoms with Gasteiger partial charge in [-0.3, -0.25) is 9.80 Å². The van der Waals surface area contributed by atoms with Gasteiger partial charge < -0.3 is 4.90 Å². The number of piperazine rings is 1. The first-order valence-corrected chi connectivity index (χ1v) is 6.65. The van der Waals surface area contributed by atoms with Gasteiger partial charge in [0.05, 0.1) is 12.5 Å². The van der Waals surface area contributed by atoms with Gasteiger partial charge in [0.2, 0.25) is 0 Å². The molecule has 1 atom stereocenters. The van der Waals surface area contributed by atoms with Crippen LogP contribution in [0.3, 0.4) is 0 Å². The van der Waals surface area contributed by atoms with E-state index in [-0.39, 0.29) is 0 Å². The molecule has 1 fully saturated rings. The summed E-state index contributed by atoms with van der Waals surface area (Å²) >= 11 is 0. The zero-order valence-electron chi connectivity index (χ0n) is 11.5. The highest BCUT2D eigenvalue weighted by Crippen LogP contribution is 2.11. The van der Waals surface area contributed by atoms with Crippen LogP contribution in [0.4, 0.5) is 0 Å². The molecule has 1 rings (SSSR count). The summed E-state index contributed by atoms with van der Waals surface area (Å²) < 4.78 is 0. The molecule has 0 spiro atoms. The summed E-state index contributed by atoms with van der Waals surface area (Å²) in [7, 11) is 4.24. The monoisotopic (exact) mass is 238 g/mol. The van der Waals surface area contributed by atoms with Gasteiger partial charge in [-0.2, -0.15) is 5.26 Å². The lowest BCUT2D eigenvalue weighted by Gasteiger charge is -2.38. The molecule has 0 radical (unpaired) electrons. The van der Waals surface area contributed by atoms with Gasteiger partial charge in [0.15, 0.2) is 0 Å². The molecule has 1 aliphatic rings. The predicted molar refractivity (Wildman–Crippen MR) is 70.9 cm³/mol. The highest BCUT2D eigenvalue weighted by atomic mass is 15.3. The third-order valence-electron chi connectivity index (χ3n) is 3.58. The van der Waals surface area contributed by atoms with Crippen molar-refractivity contribution in [2.24, 2.45) is 0 Å². The predicted octanol–water partition coefficient (Wildman–Crippen LogP) is 0.858. The molecule has 17 heavy (non-hydrogen) atoms. The molecule has 0 aliphatic carbocycles. The molecule has 0 amide bonds. The Hall–Kier alpha value is -0.630. The average molecular weight is 238 g/mol. The molecule has 0 saturated carbocycles. The molecule has 4 heteroatoms. The van der Waals surface area contributed by atoms with Crippen LogP contribution < -0.4 is 0 Å². The minimum atomic E-state index is 0.469. The third-order valence-corrected chi connectivity index (χ3v) is 3.58. The van der Waals surface area contributed by atoms with Crippen LogP contribution in [-0.2, 0) is 0 Å². The topological polar surface area (TPSA) is 33.5 Å². The fourth-order valence-electron chi connectivity index (χ4n) is 2.33. The van der Waals surface area contributed by atoms with Crippen LogP contribution in [0.15, 0.2) is 0 Å². The van der Waals surface area contributed by atoms with Crippen LogP contribution in [0.1, 0.15) is 19.8 Å². The van der Waals surface area contributed by atoms with E-state index in [1.807, 2.05) is 0 Å². The molecular formula is C13H26N4. The van der Waals surface area contributed by atoms with Crippen molar-refractivity contribution in [2.45, 2.75) is 25.8 Å². The zero-order chi connectivity index (χ0) is 12.7. The number of rotatable bonds is 6. The summed E-state index contributed by atoms with van der Waals surface area (Å²) in [6.45, 7) is 9.01. The zero-order valence-corrected chi connectivity index (χ0v) is 11.5. The van der Waals surface area contributed by atoms with E-state index in [9.17, 15) is 0 Å². The van der Waals surface area contributed by atoms with Crippen molar-refractivity contribution in [1.29, 1.82) is 5.26 Å². The summed E-state index contributed by atoms with van der Waals surface area (Å²) in [5.41, 5.74) is 0. The summed E-state index contributed by atoms with van der Waals surface area (Å²) in [6, 6.07) is 2.77. The van der Waals surface area contributed by atoms with Crippen LogP contribution in [0.2, 0.25) is 0 Å². The summed E-state index contributed by atoms with van der Waals surface area (Å²) in [4.78, 5) is 7.24. The van der Waals surface area contributed by atoms with Crippen LogP contribution in [0.5, 0.6) is 0 Å². The van der Waals surface area contributed by atoms with Crippen LogP contribution in [0.25, 0.3) is 0 Å². The largest absolute Gasteiger partial charge is 0.308 e. The first-order valence-electron chi connectivity index (χ1n) is 6.65. The van der Waals surface area contributed by atoms with E-state index in [1.54, 1.807) is 0 Å². The Balaban J connectivity index is 2.27. The molecule has 1 aliphatic heterocycles. The van der Waals surface area contributed by atoms with Gasteiger partial charge >= 0.3 is 0 Å². The molecule has 1 saturated heterocycles. The van der Waals surface area contributed by atoms with Gasteiger partial charge in [-0.15, -0.1) is 0 Å². The smallest absolute Gasteiger partial charge is 0.0638 e. The van der Waals surface area contributed by atoms with E-state index in [0.29, 0.717) is 12.5 Å². The Morgan fingerprint density at radius 3 is 2.35 bits per heavy atom. The van der Waals surface area contributed by atoms with Gasteiger partial charge in [-0.25, -0.2) is 0 Å². The molecule has 0 aromatic heterocycles. The molecule has 98 valence electrons. The molecule has 0 bridgehead atoms. The maximum atomic E-state index is 8.80. The fourth-order valence-corrected chi connectivity index (χ4v) is 2.33. The Labute approximate surface area is 106 Å². The summed E-state index contributed by atoms with van der Waals surface area (Å²) in [6.07, 6.45) is 1.76. The van der Waals surface area contributed by atoms with Crippen molar-refractivity contribution in [1.82, 2.24) is 14.7 Å². The molecule has 1 unspecified atom stereocenters. The van der Waals surface area contributed by atoms with E-state index in [2.05, 4.69) is 41.8 Å². The first kappa shape index (κ1) is 14.4. The number of nitrogens with zero attached hydrogens (tertiary/aromatic N) is 4. The lowest BCUT2D eigenvalue weighted by atomic mass is 10.1. The molecule has 0 aromatic rings.